The number of rotatable bonds is 5. The van der Waals surface area contributed by atoms with Gasteiger partial charge in [-0.05, 0) is 34.0 Å². The Morgan fingerprint density at radius 2 is 2.06 bits per heavy atom. The largest absolute Gasteiger partial charge is 0.321 e. The first kappa shape index (κ1) is 13.5. The van der Waals surface area contributed by atoms with Crippen molar-refractivity contribution in [2.45, 2.75) is 18.9 Å². The number of hydrogen-bond acceptors (Lipinski definition) is 3. The Morgan fingerprint density at radius 1 is 1.33 bits per heavy atom. The van der Waals surface area contributed by atoms with E-state index in [9.17, 15) is 4.79 Å². The van der Waals surface area contributed by atoms with E-state index in [-0.39, 0.29) is 5.78 Å². The van der Waals surface area contributed by atoms with Crippen molar-refractivity contribution < 1.29 is 4.79 Å². The molecule has 0 aliphatic carbocycles. The Morgan fingerprint density at radius 3 is 2.67 bits per heavy atom. The first-order valence-corrected chi connectivity index (χ1v) is 7.37. The molecule has 0 saturated heterocycles. The van der Waals surface area contributed by atoms with Crippen molar-refractivity contribution in [1.29, 1.82) is 0 Å². The molecule has 2 nitrogen and oxygen atoms in total. The van der Waals surface area contributed by atoms with E-state index in [1.807, 2.05) is 41.8 Å². The average Bonchev–Trinajstić information content (AvgIpc) is 2.76. The van der Waals surface area contributed by atoms with Gasteiger partial charge in [0.2, 0.25) is 0 Å². The van der Waals surface area contributed by atoms with E-state index in [4.69, 9.17) is 5.73 Å². The van der Waals surface area contributed by atoms with Gasteiger partial charge in [-0.2, -0.15) is 0 Å². The highest BCUT2D eigenvalue weighted by Crippen LogP contribution is 2.20. The number of thiophene rings is 1. The van der Waals surface area contributed by atoms with E-state index >= 15 is 0 Å². The summed E-state index contributed by atoms with van der Waals surface area (Å²) in [5.41, 5.74) is 7.05. The van der Waals surface area contributed by atoms with Crippen LogP contribution in [-0.4, -0.2) is 11.8 Å². The molecule has 94 valence electrons. The van der Waals surface area contributed by atoms with Crippen LogP contribution in [0.2, 0.25) is 0 Å². The third-order valence-electron chi connectivity index (χ3n) is 2.68. The van der Waals surface area contributed by atoms with Crippen molar-refractivity contribution >= 4 is 33.0 Å². The Bertz CT molecular complexity index is 524. The van der Waals surface area contributed by atoms with Crippen LogP contribution in [0.4, 0.5) is 0 Å². The second kappa shape index (κ2) is 6.27. The molecule has 0 spiro atoms. The maximum atomic E-state index is 12.0. The molecule has 1 aromatic carbocycles. The van der Waals surface area contributed by atoms with Gasteiger partial charge in [-0.3, -0.25) is 4.79 Å². The summed E-state index contributed by atoms with van der Waals surface area (Å²) < 4.78 is 1.02. The molecule has 0 aliphatic rings. The van der Waals surface area contributed by atoms with Gasteiger partial charge in [0.25, 0.3) is 0 Å². The van der Waals surface area contributed by atoms with E-state index in [1.165, 1.54) is 0 Å². The first-order chi connectivity index (χ1) is 8.65. The van der Waals surface area contributed by atoms with E-state index < -0.39 is 6.04 Å². The van der Waals surface area contributed by atoms with Gasteiger partial charge in [0.1, 0.15) is 0 Å². The predicted octanol–water partition coefficient (Wildman–Crippen LogP) is 3.19. The minimum atomic E-state index is -0.423. The number of nitrogens with two attached hydrogens (primary N) is 1. The number of carbonyl (C=O) groups excluding carboxylic acids is 1. The Hall–Kier alpha value is -0.970. The molecule has 1 aromatic heterocycles. The molecular weight excluding hydrogens is 310 g/mol. The van der Waals surface area contributed by atoms with Gasteiger partial charge in [-0.25, -0.2) is 0 Å². The maximum Gasteiger partial charge on any atom is 0.155 e. The molecule has 1 heterocycles. The molecule has 0 saturated carbocycles. The van der Waals surface area contributed by atoms with Crippen LogP contribution in [0.1, 0.15) is 10.4 Å². The quantitative estimate of drug-likeness (QED) is 0.918. The summed E-state index contributed by atoms with van der Waals surface area (Å²) in [7, 11) is 0. The number of Topliss-reactive ketones (excluding diaryl/α,β-unsaturated/α-hetero) is 1. The molecule has 0 amide bonds. The van der Waals surface area contributed by atoms with Crippen molar-refractivity contribution in [2.24, 2.45) is 5.73 Å². The van der Waals surface area contributed by atoms with Gasteiger partial charge >= 0.3 is 0 Å². The molecule has 0 bridgehead atoms. The van der Waals surface area contributed by atoms with Crippen LogP contribution in [0.15, 0.2) is 46.3 Å². The lowest BCUT2D eigenvalue weighted by Gasteiger charge is -2.09. The Balaban J connectivity index is 1.93. The summed E-state index contributed by atoms with van der Waals surface area (Å²) in [6.45, 7) is 0. The highest BCUT2D eigenvalue weighted by molar-refractivity contribution is 9.10. The highest BCUT2D eigenvalue weighted by atomic mass is 79.9. The summed E-state index contributed by atoms with van der Waals surface area (Å²) in [5.74, 6) is 0.0909. The van der Waals surface area contributed by atoms with Crippen molar-refractivity contribution in [2.75, 3.05) is 0 Å². The fraction of sp³-hybridized carbons (Fsp3) is 0.214. The fourth-order valence-corrected chi connectivity index (χ4v) is 3.19. The third-order valence-corrected chi connectivity index (χ3v) is 4.38. The zero-order valence-electron chi connectivity index (χ0n) is 9.80. The van der Waals surface area contributed by atoms with Crippen LogP contribution < -0.4 is 5.73 Å². The van der Waals surface area contributed by atoms with Gasteiger partial charge in [0.15, 0.2) is 5.78 Å². The zero-order valence-corrected chi connectivity index (χ0v) is 12.2. The monoisotopic (exact) mass is 323 g/mol. The molecule has 0 radical (unpaired) electrons. The highest BCUT2D eigenvalue weighted by Gasteiger charge is 2.15. The summed E-state index contributed by atoms with van der Waals surface area (Å²) in [4.78, 5) is 13.0. The van der Waals surface area contributed by atoms with Crippen molar-refractivity contribution in [1.82, 2.24) is 0 Å². The predicted molar refractivity (Wildman–Crippen MR) is 78.9 cm³/mol. The second-order valence-electron chi connectivity index (χ2n) is 4.17. The third kappa shape index (κ3) is 3.77. The molecule has 2 rings (SSSR count). The number of carbonyl (C=O) groups is 1. The second-order valence-corrected chi connectivity index (χ2v) is 6.08. The summed E-state index contributed by atoms with van der Waals surface area (Å²) in [6.07, 6.45) is 1.02. The van der Waals surface area contributed by atoms with Crippen LogP contribution in [0.5, 0.6) is 0 Å². The van der Waals surface area contributed by atoms with Crippen LogP contribution in [-0.2, 0) is 17.6 Å². The van der Waals surface area contributed by atoms with E-state index in [1.54, 1.807) is 11.3 Å². The molecule has 4 heteroatoms. The van der Waals surface area contributed by atoms with E-state index in [2.05, 4.69) is 15.9 Å². The van der Waals surface area contributed by atoms with Crippen LogP contribution >= 0.6 is 27.3 Å². The molecule has 2 N–H and O–H groups in total. The van der Waals surface area contributed by atoms with Crippen molar-refractivity contribution in [3.05, 3.63) is 56.7 Å². The van der Waals surface area contributed by atoms with Crippen LogP contribution in [0, 0.1) is 0 Å². The van der Waals surface area contributed by atoms with Crippen molar-refractivity contribution in [3.63, 3.8) is 0 Å². The lowest BCUT2D eigenvalue weighted by molar-refractivity contribution is -0.119. The minimum absolute atomic E-state index is 0.0909. The number of halogens is 1. The van der Waals surface area contributed by atoms with E-state index in [0.29, 0.717) is 12.8 Å². The molecular formula is C14H14BrNOS. The Kier molecular flexibility index (Phi) is 4.69. The lowest BCUT2D eigenvalue weighted by Crippen LogP contribution is -2.33. The van der Waals surface area contributed by atoms with Gasteiger partial charge in [-0.1, -0.05) is 30.3 Å². The first-order valence-electron chi connectivity index (χ1n) is 5.70. The van der Waals surface area contributed by atoms with Gasteiger partial charge in [-0.15, -0.1) is 11.3 Å². The molecule has 0 fully saturated rings. The molecule has 18 heavy (non-hydrogen) atoms. The summed E-state index contributed by atoms with van der Waals surface area (Å²) in [6, 6.07) is 11.4. The average molecular weight is 324 g/mol. The fourth-order valence-electron chi connectivity index (χ4n) is 1.73. The maximum absolute atomic E-state index is 12.0. The van der Waals surface area contributed by atoms with Gasteiger partial charge in [0.05, 0.1) is 6.04 Å². The SMILES string of the molecule is NC(Cc1ccccc1)C(=O)Cc1cc(Br)cs1. The van der Waals surface area contributed by atoms with Gasteiger partial charge in [0, 0.05) is 21.2 Å². The molecule has 1 atom stereocenters. The minimum Gasteiger partial charge on any atom is -0.321 e. The topological polar surface area (TPSA) is 43.1 Å². The number of ketones is 1. The van der Waals surface area contributed by atoms with Gasteiger partial charge < -0.3 is 5.73 Å². The molecule has 0 aliphatic heterocycles. The molecule has 2 aromatic rings. The smallest absolute Gasteiger partial charge is 0.155 e. The van der Waals surface area contributed by atoms with Crippen LogP contribution in [0.3, 0.4) is 0 Å². The Labute approximate surface area is 119 Å². The number of benzene rings is 1. The summed E-state index contributed by atoms with van der Waals surface area (Å²) in [5, 5.41) is 1.98. The summed E-state index contributed by atoms with van der Waals surface area (Å²) >= 11 is 4.96. The normalized spacial score (nSPS) is 12.3. The van der Waals surface area contributed by atoms with Crippen molar-refractivity contribution in [3.8, 4) is 0 Å². The standard InChI is InChI=1S/C14H14BrNOS/c15-11-7-12(18-9-11)8-14(17)13(16)6-10-4-2-1-3-5-10/h1-5,7,9,13H,6,8,16H2. The lowest BCUT2D eigenvalue weighted by atomic mass is 10.0. The number of hydrogen-bond donors (Lipinski definition) is 1. The molecule has 1 unspecified atom stereocenters. The zero-order chi connectivity index (χ0) is 13.0. The van der Waals surface area contributed by atoms with Crippen LogP contribution in [0.25, 0.3) is 0 Å². The van der Waals surface area contributed by atoms with E-state index in [0.717, 1.165) is 14.9 Å².